The van der Waals surface area contributed by atoms with Gasteiger partial charge in [-0.3, -0.25) is 9.59 Å². The van der Waals surface area contributed by atoms with Crippen LogP contribution < -0.4 is 5.56 Å². The number of halogens is 1. The average Bonchev–Trinajstić information content (AvgIpc) is 3.02. The average molecular weight is 410 g/mol. The Labute approximate surface area is 163 Å². The molecule has 0 radical (unpaired) electrons. The molecular weight excluding hydrogens is 394 g/mol. The van der Waals surface area contributed by atoms with Gasteiger partial charge in [0.05, 0.1) is 0 Å². The van der Waals surface area contributed by atoms with Crippen molar-refractivity contribution >= 4 is 45.6 Å². The third-order valence-electron chi connectivity index (χ3n) is 3.38. The van der Waals surface area contributed by atoms with E-state index in [1.807, 2.05) is 24.3 Å². The number of nitrogens with zero attached hydrogens (tertiary/aromatic N) is 3. The maximum atomic E-state index is 11.9. The second-order valence-electron chi connectivity index (χ2n) is 5.49. The molecule has 0 aliphatic carbocycles. The molecule has 0 spiro atoms. The van der Waals surface area contributed by atoms with E-state index < -0.39 is 0 Å². The third-order valence-corrected chi connectivity index (χ3v) is 5.61. The zero-order chi connectivity index (χ0) is 18.5. The summed E-state index contributed by atoms with van der Waals surface area (Å²) < 4.78 is 6.46. The van der Waals surface area contributed by atoms with Crippen molar-refractivity contribution in [3.63, 3.8) is 0 Å². The largest absolute Gasteiger partial charge is 0.458 e. The van der Waals surface area contributed by atoms with Crippen LogP contribution in [0, 0.1) is 6.92 Å². The van der Waals surface area contributed by atoms with E-state index in [1.54, 1.807) is 18.7 Å². The molecule has 0 unspecified atom stereocenters. The summed E-state index contributed by atoms with van der Waals surface area (Å²) in [4.78, 5) is 29.5. The summed E-state index contributed by atoms with van der Waals surface area (Å²) in [6.07, 6.45) is 1.05. The molecular formula is C17H16ClN3O3S2. The topological polar surface area (TPSA) is 73.6 Å². The van der Waals surface area contributed by atoms with E-state index in [9.17, 15) is 9.59 Å². The van der Waals surface area contributed by atoms with Crippen LogP contribution >= 0.6 is 34.7 Å². The van der Waals surface area contributed by atoms with Crippen molar-refractivity contribution in [2.24, 2.45) is 0 Å². The first-order valence-electron chi connectivity index (χ1n) is 7.91. The Bertz CT molecular complexity index is 970. The maximum absolute atomic E-state index is 11.9. The normalized spacial score (nSPS) is 11.0. The lowest BCUT2D eigenvalue weighted by atomic mass is 10.3. The molecule has 0 saturated heterocycles. The van der Waals surface area contributed by atoms with Crippen molar-refractivity contribution in [2.45, 2.75) is 31.3 Å². The highest BCUT2D eigenvalue weighted by Crippen LogP contribution is 2.21. The summed E-state index contributed by atoms with van der Waals surface area (Å²) in [6, 6.07) is 9.02. The van der Waals surface area contributed by atoms with Gasteiger partial charge < -0.3 is 4.74 Å². The fraction of sp³-hybridized carbons (Fsp3) is 0.294. The second kappa shape index (κ2) is 8.66. The van der Waals surface area contributed by atoms with Crippen LogP contribution in [0.25, 0.3) is 4.96 Å². The van der Waals surface area contributed by atoms with Crippen molar-refractivity contribution in [1.82, 2.24) is 14.6 Å². The van der Waals surface area contributed by atoms with Gasteiger partial charge in [-0.15, -0.1) is 11.8 Å². The van der Waals surface area contributed by atoms with E-state index in [0.29, 0.717) is 33.5 Å². The van der Waals surface area contributed by atoms with Gasteiger partial charge in [0.15, 0.2) is 5.01 Å². The minimum atomic E-state index is -0.280. The minimum absolute atomic E-state index is 0.0513. The van der Waals surface area contributed by atoms with Gasteiger partial charge in [-0.25, -0.2) is 4.98 Å². The van der Waals surface area contributed by atoms with Gasteiger partial charge >= 0.3 is 5.97 Å². The van der Waals surface area contributed by atoms with Gasteiger partial charge in [-0.2, -0.15) is 9.61 Å². The lowest BCUT2D eigenvalue weighted by Gasteiger charge is -2.03. The number of carbonyl (C=O) groups is 1. The standard InChI is InChI=1S/C17H16ClN3O3S2/c1-11-9-15(22)21-17(19-11)26-14(20-21)10-24-16(23)3-2-8-25-13-6-4-12(18)5-7-13/h4-7,9H,2-3,8,10H2,1H3. The molecule has 0 atom stereocenters. The van der Waals surface area contributed by atoms with Crippen molar-refractivity contribution < 1.29 is 9.53 Å². The van der Waals surface area contributed by atoms with Crippen LogP contribution in [0.15, 0.2) is 40.0 Å². The van der Waals surface area contributed by atoms with Crippen LogP contribution in [0.3, 0.4) is 0 Å². The fourth-order valence-electron chi connectivity index (χ4n) is 2.17. The maximum Gasteiger partial charge on any atom is 0.306 e. The van der Waals surface area contributed by atoms with Gasteiger partial charge in [0.1, 0.15) is 6.61 Å². The molecule has 0 aliphatic heterocycles. The molecule has 3 rings (SSSR count). The van der Waals surface area contributed by atoms with Crippen LogP contribution in [-0.4, -0.2) is 26.3 Å². The number of fused-ring (bicyclic) bond motifs is 1. The van der Waals surface area contributed by atoms with Gasteiger partial charge in [-0.1, -0.05) is 22.9 Å². The number of carbonyl (C=O) groups excluding carboxylic acids is 1. The third kappa shape index (κ3) is 5.06. The zero-order valence-corrected chi connectivity index (χ0v) is 16.4. The van der Waals surface area contributed by atoms with Gasteiger partial charge in [0.25, 0.3) is 5.56 Å². The van der Waals surface area contributed by atoms with E-state index in [4.69, 9.17) is 16.3 Å². The predicted octanol–water partition coefficient (Wildman–Crippen LogP) is 3.73. The summed E-state index contributed by atoms with van der Waals surface area (Å²) >= 11 is 8.76. The summed E-state index contributed by atoms with van der Waals surface area (Å²) in [5, 5.41) is 5.39. The number of benzene rings is 1. The number of hydrogen-bond acceptors (Lipinski definition) is 7. The molecule has 0 saturated carbocycles. The molecule has 9 heteroatoms. The summed E-state index contributed by atoms with van der Waals surface area (Å²) in [5.74, 6) is 0.536. The second-order valence-corrected chi connectivity index (χ2v) is 8.14. The summed E-state index contributed by atoms with van der Waals surface area (Å²) in [7, 11) is 0. The van der Waals surface area contributed by atoms with Crippen LogP contribution in [0.2, 0.25) is 5.02 Å². The number of aromatic nitrogens is 3. The monoisotopic (exact) mass is 409 g/mol. The van der Waals surface area contributed by atoms with E-state index in [2.05, 4.69) is 10.1 Å². The summed E-state index contributed by atoms with van der Waals surface area (Å²) in [5.41, 5.74) is 0.404. The van der Waals surface area contributed by atoms with E-state index in [1.165, 1.54) is 21.9 Å². The van der Waals surface area contributed by atoms with Crippen LogP contribution in [0.4, 0.5) is 0 Å². The van der Waals surface area contributed by atoms with Crippen molar-refractivity contribution in [2.75, 3.05) is 5.75 Å². The first-order valence-corrected chi connectivity index (χ1v) is 10.1. The van der Waals surface area contributed by atoms with Crippen molar-refractivity contribution in [1.29, 1.82) is 0 Å². The molecule has 3 aromatic rings. The van der Waals surface area contributed by atoms with Crippen LogP contribution in [0.5, 0.6) is 0 Å². The highest BCUT2D eigenvalue weighted by atomic mass is 35.5. The Kier molecular flexibility index (Phi) is 6.29. The molecule has 1 aromatic carbocycles. The first kappa shape index (κ1) is 18.9. The quantitative estimate of drug-likeness (QED) is 0.336. The smallest absolute Gasteiger partial charge is 0.306 e. The lowest BCUT2D eigenvalue weighted by Crippen LogP contribution is -2.14. The Morgan fingerprint density at radius 2 is 2.12 bits per heavy atom. The SMILES string of the molecule is Cc1cc(=O)n2nc(COC(=O)CCCSc3ccc(Cl)cc3)sc2n1. The summed E-state index contributed by atoms with van der Waals surface area (Å²) in [6.45, 7) is 1.80. The van der Waals surface area contributed by atoms with Crippen LogP contribution in [0.1, 0.15) is 23.5 Å². The zero-order valence-electron chi connectivity index (χ0n) is 14.0. The van der Waals surface area contributed by atoms with Gasteiger partial charge in [0.2, 0.25) is 4.96 Å². The predicted molar refractivity (Wildman–Crippen MR) is 103 cm³/mol. The Balaban J connectivity index is 1.43. The minimum Gasteiger partial charge on any atom is -0.458 e. The highest BCUT2D eigenvalue weighted by Gasteiger charge is 2.10. The molecule has 0 amide bonds. The molecule has 6 nitrogen and oxygen atoms in total. The Morgan fingerprint density at radius 1 is 1.35 bits per heavy atom. The molecule has 0 N–H and O–H groups in total. The van der Waals surface area contributed by atoms with Gasteiger partial charge in [-0.05, 0) is 43.4 Å². The molecule has 136 valence electrons. The lowest BCUT2D eigenvalue weighted by molar-refractivity contribution is -0.144. The number of rotatable bonds is 7. The van der Waals surface area contributed by atoms with Crippen LogP contribution in [-0.2, 0) is 16.1 Å². The molecule has 2 heterocycles. The Morgan fingerprint density at radius 3 is 2.88 bits per heavy atom. The fourth-order valence-corrected chi connectivity index (χ4v) is 4.01. The van der Waals surface area contributed by atoms with E-state index in [0.717, 1.165) is 10.6 Å². The van der Waals surface area contributed by atoms with E-state index in [-0.39, 0.29) is 18.1 Å². The van der Waals surface area contributed by atoms with Gasteiger partial charge in [0, 0.05) is 28.1 Å². The first-order chi connectivity index (χ1) is 12.5. The number of esters is 1. The Hall–Kier alpha value is -1.90. The number of aryl methyl sites for hydroxylation is 1. The van der Waals surface area contributed by atoms with Crippen molar-refractivity contribution in [3.8, 4) is 0 Å². The van der Waals surface area contributed by atoms with Crippen molar-refractivity contribution in [3.05, 3.63) is 56.4 Å². The molecule has 0 aliphatic rings. The number of thioether (sulfide) groups is 1. The molecule has 26 heavy (non-hydrogen) atoms. The number of ether oxygens (including phenoxy) is 1. The molecule has 0 bridgehead atoms. The number of hydrogen-bond donors (Lipinski definition) is 0. The molecule has 2 aromatic heterocycles. The van der Waals surface area contributed by atoms with E-state index >= 15 is 0 Å². The molecule has 0 fully saturated rings. The highest BCUT2D eigenvalue weighted by molar-refractivity contribution is 7.99.